The van der Waals surface area contributed by atoms with E-state index in [1.54, 1.807) is 25.1 Å². The Hall–Kier alpha value is -4.99. The number of ether oxygens (including phenoxy) is 1. The van der Waals surface area contributed by atoms with Gasteiger partial charge in [0.15, 0.2) is 17.2 Å². The molecular weight excluding hydrogens is 479 g/mol. The molecule has 13 heteroatoms. The van der Waals surface area contributed by atoms with Crippen LogP contribution in [0.25, 0.3) is 21.8 Å². The van der Waals surface area contributed by atoms with Gasteiger partial charge in [-0.25, -0.2) is 24.3 Å². The number of hydrogen-bond donors (Lipinski definition) is 2. The SMILES string of the molecule is [C-]#[N+]c1cc(C)cc(Nc2ncc(-c3cnc(OC)c(C(=O)O)c3)c(-n3ccc(C(F)(F)F)n3)n2)c1. The van der Waals surface area contributed by atoms with Crippen LogP contribution in [-0.4, -0.2) is 42.9 Å². The van der Waals surface area contributed by atoms with Gasteiger partial charge in [-0.05, 0) is 31.2 Å². The third kappa shape index (κ3) is 4.92. The number of aromatic nitrogens is 5. The molecule has 0 fully saturated rings. The van der Waals surface area contributed by atoms with Crippen LogP contribution in [0.15, 0.2) is 48.9 Å². The Balaban J connectivity index is 1.86. The van der Waals surface area contributed by atoms with E-state index in [1.807, 2.05) is 0 Å². The maximum Gasteiger partial charge on any atom is 0.435 e. The van der Waals surface area contributed by atoms with E-state index in [4.69, 9.17) is 11.3 Å². The van der Waals surface area contributed by atoms with Gasteiger partial charge in [0, 0.05) is 35.4 Å². The summed E-state index contributed by atoms with van der Waals surface area (Å²) in [7, 11) is 1.26. The number of carboxylic acids is 1. The van der Waals surface area contributed by atoms with Crippen molar-refractivity contribution in [3.63, 3.8) is 0 Å². The van der Waals surface area contributed by atoms with Crippen LogP contribution >= 0.6 is 0 Å². The first-order valence-electron chi connectivity index (χ1n) is 10.1. The van der Waals surface area contributed by atoms with Crippen LogP contribution in [0.4, 0.5) is 30.5 Å². The molecule has 10 nitrogen and oxygen atoms in total. The summed E-state index contributed by atoms with van der Waals surface area (Å²) in [6.07, 6.45) is -1.01. The van der Waals surface area contributed by atoms with Crippen LogP contribution in [0, 0.1) is 13.5 Å². The van der Waals surface area contributed by atoms with Gasteiger partial charge in [0.25, 0.3) is 0 Å². The molecule has 0 aliphatic rings. The van der Waals surface area contributed by atoms with Gasteiger partial charge in [-0.1, -0.05) is 11.6 Å². The van der Waals surface area contributed by atoms with Crippen LogP contribution in [0.1, 0.15) is 21.6 Å². The largest absolute Gasteiger partial charge is 0.480 e. The Morgan fingerprint density at radius 1 is 1.19 bits per heavy atom. The highest BCUT2D eigenvalue weighted by atomic mass is 19.4. The topological polar surface area (TPSA) is 119 Å². The zero-order chi connectivity index (χ0) is 26.0. The summed E-state index contributed by atoms with van der Waals surface area (Å²) in [6.45, 7) is 9.02. The number of aryl methyl sites for hydroxylation is 1. The van der Waals surface area contributed by atoms with Crippen LogP contribution in [0.5, 0.6) is 5.88 Å². The number of aromatic carboxylic acids is 1. The smallest absolute Gasteiger partial charge is 0.435 e. The van der Waals surface area contributed by atoms with E-state index in [9.17, 15) is 23.1 Å². The molecule has 0 saturated carbocycles. The molecule has 182 valence electrons. The minimum atomic E-state index is -4.69. The average molecular weight is 495 g/mol. The zero-order valence-electron chi connectivity index (χ0n) is 18.7. The van der Waals surface area contributed by atoms with Gasteiger partial charge in [-0.2, -0.15) is 23.3 Å². The Labute approximate surface area is 201 Å². The van der Waals surface area contributed by atoms with Gasteiger partial charge in [0.05, 0.1) is 13.7 Å². The number of carbonyl (C=O) groups is 1. The predicted molar refractivity (Wildman–Crippen MR) is 122 cm³/mol. The van der Waals surface area contributed by atoms with E-state index >= 15 is 0 Å². The molecule has 0 spiro atoms. The van der Waals surface area contributed by atoms with E-state index in [2.05, 4.69) is 30.2 Å². The standard InChI is InChI=1S/C23H16F3N7O3/c1-12-6-14(27-2)9-15(7-12)30-22-29-11-17(13-8-16(21(34)35)20(36-3)28-10-13)19(31-22)33-5-4-18(32-33)23(24,25)26/h4-11H,1,3H3,(H,34,35)(H,29,30,31). The summed E-state index contributed by atoms with van der Waals surface area (Å²) in [5, 5.41) is 16.0. The maximum absolute atomic E-state index is 13.2. The summed E-state index contributed by atoms with van der Waals surface area (Å²) < 4.78 is 45.5. The molecular formula is C23H16F3N7O3. The highest BCUT2D eigenvalue weighted by Crippen LogP contribution is 2.32. The number of nitrogens with one attached hydrogen (secondary N) is 1. The normalized spacial score (nSPS) is 11.1. The molecule has 0 unspecified atom stereocenters. The van der Waals surface area contributed by atoms with E-state index in [-0.39, 0.29) is 34.3 Å². The monoisotopic (exact) mass is 495 g/mol. The first-order chi connectivity index (χ1) is 17.1. The molecule has 4 aromatic rings. The fraction of sp³-hybridized carbons (Fsp3) is 0.130. The molecule has 0 saturated heterocycles. The van der Waals surface area contributed by atoms with E-state index in [0.29, 0.717) is 11.4 Å². The molecule has 3 aromatic heterocycles. The van der Waals surface area contributed by atoms with Crippen molar-refractivity contribution in [3.05, 3.63) is 77.2 Å². The molecule has 0 atom stereocenters. The number of methoxy groups -OCH3 is 1. The maximum atomic E-state index is 13.2. The minimum Gasteiger partial charge on any atom is -0.480 e. The number of carboxylic acid groups (broad SMARTS) is 1. The lowest BCUT2D eigenvalue weighted by molar-refractivity contribution is -0.141. The second kappa shape index (κ2) is 9.34. The number of benzene rings is 1. The minimum absolute atomic E-state index is 0.0132. The molecule has 0 radical (unpaired) electrons. The van der Waals surface area contributed by atoms with E-state index in [1.165, 1.54) is 25.6 Å². The van der Waals surface area contributed by atoms with Gasteiger partial charge in [-0.15, -0.1) is 0 Å². The Kier molecular flexibility index (Phi) is 6.26. The van der Waals surface area contributed by atoms with Crippen molar-refractivity contribution in [1.82, 2.24) is 24.7 Å². The van der Waals surface area contributed by atoms with Gasteiger partial charge in [0.2, 0.25) is 11.8 Å². The summed E-state index contributed by atoms with van der Waals surface area (Å²) >= 11 is 0. The second-order valence-corrected chi connectivity index (χ2v) is 7.45. The predicted octanol–water partition coefficient (Wildman–Crippen LogP) is 5.05. The highest BCUT2D eigenvalue weighted by Gasteiger charge is 2.34. The average Bonchev–Trinajstić information content (AvgIpc) is 3.34. The number of anilines is 2. The Bertz CT molecular complexity index is 1510. The molecule has 0 bridgehead atoms. The van der Waals surface area contributed by atoms with Gasteiger partial charge >= 0.3 is 12.1 Å². The summed E-state index contributed by atoms with van der Waals surface area (Å²) in [4.78, 5) is 27.6. The van der Waals surface area contributed by atoms with Gasteiger partial charge in [-0.3, -0.25) is 0 Å². The number of pyridine rings is 1. The lowest BCUT2D eigenvalue weighted by Crippen LogP contribution is -2.10. The number of hydrogen-bond acceptors (Lipinski definition) is 7. The Morgan fingerprint density at radius 3 is 2.61 bits per heavy atom. The highest BCUT2D eigenvalue weighted by molar-refractivity contribution is 5.92. The van der Waals surface area contributed by atoms with Crippen molar-refractivity contribution < 1.29 is 27.8 Å². The molecule has 0 aliphatic heterocycles. The number of alkyl halides is 3. The molecule has 0 amide bonds. The van der Waals surface area contributed by atoms with Crippen LogP contribution in [-0.2, 0) is 6.18 Å². The third-order valence-electron chi connectivity index (χ3n) is 4.90. The van der Waals surface area contributed by atoms with Crippen LogP contribution in [0.2, 0.25) is 0 Å². The molecule has 0 aliphatic carbocycles. The molecule has 3 heterocycles. The zero-order valence-corrected chi connectivity index (χ0v) is 18.7. The number of halogens is 3. The van der Waals surface area contributed by atoms with Crippen LogP contribution < -0.4 is 10.1 Å². The van der Waals surface area contributed by atoms with E-state index < -0.39 is 17.8 Å². The number of rotatable bonds is 6. The molecule has 1 aromatic carbocycles. The van der Waals surface area contributed by atoms with Crippen molar-refractivity contribution in [3.8, 4) is 22.8 Å². The van der Waals surface area contributed by atoms with Gasteiger partial charge in [0.1, 0.15) is 5.56 Å². The lowest BCUT2D eigenvalue weighted by Gasteiger charge is -2.13. The molecule has 4 rings (SSSR count). The quantitative estimate of drug-likeness (QED) is 0.357. The van der Waals surface area contributed by atoms with Crippen molar-refractivity contribution in [1.29, 1.82) is 0 Å². The van der Waals surface area contributed by atoms with E-state index in [0.717, 1.165) is 22.5 Å². The molecule has 2 N–H and O–H groups in total. The fourth-order valence-electron chi connectivity index (χ4n) is 3.35. The van der Waals surface area contributed by atoms with Crippen molar-refractivity contribution in [2.75, 3.05) is 12.4 Å². The van der Waals surface area contributed by atoms with Gasteiger partial charge < -0.3 is 15.2 Å². The fourth-order valence-corrected chi connectivity index (χ4v) is 3.35. The lowest BCUT2D eigenvalue weighted by atomic mass is 10.1. The molecule has 36 heavy (non-hydrogen) atoms. The summed E-state index contributed by atoms with van der Waals surface area (Å²) in [6, 6.07) is 7.04. The summed E-state index contributed by atoms with van der Waals surface area (Å²) in [5.41, 5.74) is 0.658. The van der Waals surface area contributed by atoms with Crippen molar-refractivity contribution >= 4 is 23.3 Å². The van der Waals surface area contributed by atoms with Crippen molar-refractivity contribution in [2.45, 2.75) is 13.1 Å². The second-order valence-electron chi connectivity index (χ2n) is 7.45. The van der Waals surface area contributed by atoms with Crippen LogP contribution in [0.3, 0.4) is 0 Å². The summed E-state index contributed by atoms with van der Waals surface area (Å²) in [5.74, 6) is -1.50. The first-order valence-corrected chi connectivity index (χ1v) is 10.1. The first kappa shape index (κ1) is 24.1. The third-order valence-corrected chi connectivity index (χ3v) is 4.90. The Morgan fingerprint density at radius 2 is 1.97 bits per heavy atom. The number of nitrogens with zero attached hydrogens (tertiary/aromatic N) is 6. The van der Waals surface area contributed by atoms with Crippen molar-refractivity contribution in [2.24, 2.45) is 0 Å².